The normalized spacial score (nSPS) is 19.7. The summed E-state index contributed by atoms with van der Waals surface area (Å²) in [7, 11) is 5.56. The van der Waals surface area contributed by atoms with Crippen molar-refractivity contribution in [3.63, 3.8) is 0 Å². The zero-order chi connectivity index (χ0) is 19.7. The monoisotopic (exact) mass is 382 g/mol. The number of nitrogens with one attached hydrogen (secondary N) is 2. The van der Waals surface area contributed by atoms with Crippen molar-refractivity contribution < 1.29 is 9.13 Å². The van der Waals surface area contributed by atoms with Gasteiger partial charge in [0.25, 0.3) is 0 Å². The number of aromatic nitrogens is 2. The highest BCUT2D eigenvalue weighted by Crippen LogP contribution is 2.37. The molecule has 1 fully saturated rings. The number of pyridine rings is 1. The van der Waals surface area contributed by atoms with Gasteiger partial charge in [-0.2, -0.15) is 0 Å². The van der Waals surface area contributed by atoms with Crippen molar-refractivity contribution in [2.45, 2.75) is 37.6 Å². The summed E-state index contributed by atoms with van der Waals surface area (Å²) in [6.45, 7) is 0. The number of benzene rings is 1. The van der Waals surface area contributed by atoms with E-state index < -0.39 is 0 Å². The first-order chi connectivity index (χ1) is 13.6. The van der Waals surface area contributed by atoms with Crippen LogP contribution in [0.1, 0.15) is 37.2 Å². The van der Waals surface area contributed by atoms with E-state index in [1.807, 2.05) is 13.1 Å². The number of hydrogen-bond acceptors (Lipinski definition) is 4. The van der Waals surface area contributed by atoms with Gasteiger partial charge in [0.05, 0.1) is 7.11 Å². The van der Waals surface area contributed by atoms with E-state index in [2.05, 4.69) is 34.5 Å². The Bertz CT molecular complexity index is 976. The third-order valence-corrected chi connectivity index (χ3v) is 5.85. The number of nitrogens with zero attached hydrogens (tertiary/aromatic N) is 2. The van der Waals surface area contributed by atoms with Gasteiger partial charge in [-0.3, -0.25) is 0 Å². The third-order valence-electron chi connectivity index (χ3n) is 5.85. The first kappa shape index (κ1) is 18.7. The standard InChI is InChI=1S/C22H27FN4O/c1-24-15-6-4-14(5-7-15)18-13-27(2)22-17(18)9-11-21(26-22)25-16-8-10-19(23)20(12-16)28-3/h8-15,24H,4-7H2,1-3H3,(H,25,26). The van der Waals surface area contributed by atoms with Crippen LogP contribution in [0.4, 0.5) is 15.9 Å². The number of anilines is 2. The molecule has 3 aromatic rings. The van der Waals surface area contributed by atoms with Gasteiger partial charge in [0.2, 0.25) is 0 Å². The molecule has 4 rings (SSSR count). The van der Waals surface area contributed by atoms with Crippen LogP contribution in [-0.4, -0.2) is 29.8 Å². The van der Waals surface area contributed by atoms with Gasteiger partial charge in [0.1, 0.15) is 11.5 Å². The van der Waals surface area contributed by atoms with Crippen LogP contribution in [0.2, 0.25) is 0 Å². The Kier molecular flexibility index (Phi) is 5.22. The summed E-state index contributed by atoms with van der Waals surface area (Å²) in [6.07, 6.45) is 7.08. The lowest BCUT2D eigenvalue weighted by Gasteiger charge is -2.28. The van der Waals surface area contributed by atoms with Crippen LogP contribution in [0.25, 0.3) is 11.0 Å². The minimum atomic E-state index is -0.378. The first-order valence-corrected chi connectivity index (χ1v) is 9.83. The maximum absolute atomic E-state index is 13.6. The van der Waals surface area contributed by atoms with E-state index >= 15 is 0 Å². The number of fused-ring (bicyclic) bond motifs is 1. The highest BCUT2D eigenvalue weighted by atomic mass is 19.1. The van der Waals surface area contributed by atoms with Gasteiger partial charge >= 0.3 is 0 Å². The predicted octanol–water partition coefficient (Wildman–Crippen LogP) is 4.71. The lowest BCUT2D eigenvalue weighted by Crippen LogP contribution is -2.29. The molecule has 5 nitrogen and oxygen atoms in total. The minimum absolute atomic E-state index is 0.212. The molecule has 0 unspecified atom stereocenters. The van der Waals surface area contributed by atoms with Crippen LogP contribution in [0, 0.1) is 5.82 Å². The number of halogens is 1. The Morgan fingerprint density at radius 1 is 1.14 bits per heavy atom. The van der Waals surface area contributed by atoms with Crippen LogP contribution < -0.4 is 15.4 Å². The highest BCUT2D eigenvalue weighted by Gasteiger charge is 2.24. The summed E-state index contributed by atoms with van der Waals surface area (Å²) in [5, 5.41) is 7.87. The third kappa shape index (κ3) is 3.56. The van der Waals surface area contributed by atoms with Crippen molar-refractivity contribution in [1.29, 1.82) is 0 Å². The zero-order valence-electron chi connectivity index (χ0n) is 16.6. The van der Waals surface area contributed by atoms with Gasteiger partial charge in [-0.15, -0.1) is 0 Å². The van der Waals surface area contributed by atoms with Crippen molar-refractivity contribution in [2.24, 2.45) is 7.05 Å². The Labute approximate surface area is 164 Å². The maximum Gasteiger partial charge on any atom is 0.165 e. The number of aryl methyl sites for hydroxylation is 1. The van der Waals surface area contributed by atoms with Crippen LogP contribution in [0.5, 0.6) is 5.75 Å². The van der Waals surface area contributed by atoms with Crippen molar-refractivity contribution in [2.75, 3.05) is 19.5 Å². The molecule has 0 spiro atoms. The second-order valence-corrected chi connectivity index (χ2v) is 7.57. The fourth-order valence-electron chi connectivity index (χ4n) is 4.26. The molecule has 1 aromatic carbocycles. The van der Waals surface area contributed by atoms with Crippen molar-refractivity contribution in [3.05, 3.63) is 47.9 Å². The Balaban J connectivity index is 1.59. The Hall–Kier alpha value is -2.60. The molecule has 28 heavy (non-hydrogen) atoms. The summed E-state index contributed by atoms with van der Waals surface area (Å²) >= 11 is 0. The number of methoxy groups -OCH3 is 1. The van der Waals surface area contributed by atoms with E-state index in [1.54, 1.807) is 12.1 Å². The molecular weight excluding hydrogens is 355 g/mol. The molecule has 2 heterocycles. The molecule has 1 aliphatic carbocycles. The topological polar surface area (TPSA) is 51.1 Å². The summed E-state index contributed by atoms with van der Waals surface area (Å²) in [5.74, 6) is 1.16. The van der Waals surface area contributed by atoms with Crippen molar-refractivity contribution >= 4 is 22.5 Å². The van der Waals surface area contributed by atoms with Crippen molar-refractivity contribution in [3.8, 4) is 5.75 Å². The quantitative estimate of drug-likeness (QED) is 0.671. The molecule has 2 aromatic heterocycles. The average molecular weight is 382 g/mol. The average Bonchev–Trinajstić information content (AvgIpc) is 3.05. The molecule has 0 aliphatic heterocycles. The molecule has 2 N–H and O–H groups in total. The SMILES string of the molecule is CNC1CCC(c2cn(C)c3nc(Nc4ccc(F)c(OC)c4)ccc23)CC1. The zero-order valence-corrected chi connectivity index (χ0v) is 16.6. The van der Waals surface area contributed by atoms with Gasteiger partial charge in [-0.05, 0) is 68.5 Å². The molecule has 0 bridgehead atoms. The molecule has 6 heteroatoms. The summed E-state index contributed by atoms with van der Waals surface area (Å²) < 4.78 is 20.8. The smallest absolute Gasteiger partial charge is 0.165 e. The van der Waals surface area contributed by atoms with Gasteiger partial charge in [0, 0.05) is 36.4 Å². The minimum Gasteiger partial charge on any atom is -0.494 e. The van der Waals surface area contributed by atoms with Gasteiger partial charge in [0.15, 0.2) is 11.6 Å². The van der Waals surface area contributed by atoms with E-state index in [0.717, 1.165) is 17.2 Å². The Morgan fingerprint density at radius 3 is 2.64 bits per heavy atom. The molecule has 1 saturated carbocycles. The molecule has 0 saturated heterocycles. The molecule has 0 amide bonds. The summed E-state index contributed by atoms with van der Waals surface area (Å²) in [6, 6.07) is 9.49. The lowest BCUT2D eigenvalue weighted by atomic mass is 9.82. The second kappa shape index (κ2) is 7.80. The van der Waals surface area contributed by atoms with Gasteiger partial charge in [-0.1, -0.05) is 0 Å². The maximum atomic E-state index is 13.6. The van der Waals surface area contributed by atoms with Crippen LogP contribution in [-0.2, 0) is 7.05 Å². The van der Waals surface area contributed by atoms with Crippen molar-refractivity contribution in [1.82, 2.24) is 14.9 Å². The fourth-order valence-corrected chi connectivity index (χ4v) is 4.26. The van der Waals surface area contributed by atoms with E-state index in [9.17, 15) is 4.39 Å². The summed E-state index contributed by atoms with van der Waals surface area (Å²) in [5.41, 5.74) is 3.10. The summed E-state index contributed by atoms with van der Waals surface area (Å²) in [4.78, 5) is 4.80. The van der Waals surface area contributed by atoms with Crippen LogP contribution in [0.3, 0.4) is 0 Å². The van der Waals surface area contributed by atoms with E-state index in [-0.39, 0.29) is 11.6 Å². The Morgan fingerprint density at radius 2 is 1.93 bits per heavy atom. The molecule has 148 valence electrons. The molecule has 0 radical (unpaired) electrons. The molecular formula is C22H27FN4O. The largest absolute Gasteiger partial charge is 0.494 e. The lowest BCUT2D eigenvalue weighted by molar-refractivity contribution is 0.359. The van der Waals surface area contributed by atoms with E-state index in [1.165, 1.54) is 49.8 Å². The second-order valence-electron chi connectivity index (χ2n) is 7.57. The number of hydrogen-bond donors (Lipinski definition) is 2. The number of ether oxygens (including phenoxy) is 1. The van der Waals surface area contributed by atoms with Gasteiger partial charge < -0.3 is 19.9 Å². The predicted molar refractivity (Wildman–Crippen MR) is 111 cm³/mol. The van der Waals surface area contributed by atoms with E-state index in [4.69, 9.17) is 9.72 Å². The van der Waals surface area contributed by atoms with Crippen LogP contribution in [0.15, 0.2) is 36.5 Å². The van der Waals surface area contributed by atoms with Crippen LogP contribution >= 0.6 is 0 Å². The number of rotatable bonds is 5. The fraction of sp³-hybridized carbons (Fsp3) is 0.409. The molecule has 1 aliphatic rings. The molecule has 0 atom stereocenters. The highest BCUT2D eigenvalue weighted by molar-refractivity contribution is 5.83. The van der Waals surface area contributed by atoms with E-state index in [0.29, 0.717) is 12.0 Å². The van der Waals surface area contributed by atoms with Gasteiger partial charge in [-0.25, -0.2) is 9.37 Å². The first-order valence-electron chi connectivity index (χ1n) is 9.83.